The van der Waals surface area contributed by atoms with Gasteiger partial charge < -0.3 is 4.74 Å². The molecule has 0 bridgehead atoms. The quantitative estimate of drug-likeness (QED) is 0.450. The summed E-state index contributed by atoms with van der Waals surface area (Å²) in [5, 5.41) is 0. The molecule has 0 unspecified atom stereocenters. The fourth-order valence-electron chi connectivity index (χ4n) is 2.34. The molecule has 1 aliphatic heterocycles. The van der Waals surface area contributed by atoms with Crippen LogP contribution in [0.15, 0.2) is 36.6 Å². The summed E-state index contributed by atoms with van der Waals surface area (Å²) in [6, 6.07) is 5.55. The van der Waals surface area contributed by atoms with Gasteiger partial charge in [-0.2, -0.15) is 0 Å². The van der Waals surface area contributed by atoms with E-state index in [9.17, 15) is 4.79 Å². The predicted octanol–water partition coefficient (Wildman–Crippen LogP) is 4.02. The Morgan fingerprint density at radius 3 is 2.81 bits per heavy atom. The zero-order valence-electron chi connectivity index (χ0n) is 12.4. The van der Waals surface area contributed by atoms with Crippen LogP contribution in [0.2, 0.25) is 0 Å². The van der Waals surface area contributed by atoms with Crippen molar-refractivity contribution < 1.29 is 19.3 Å². The van der Waals surface area contributed by atoms with Crippen molar-refractivity contribution >= 4 is 11.7 Å². The summed E-state index contributed by atoms with van der Waals surface area (Å²) < 4.78 is 4.88. The first-order valence-corrected chi connectivity index (χ1v) is 7.18. The molecular weight excluding hydrogens is 268 g/mol. The summed E-state index contributed by atoms with van der Waals surface area (Å²) in [7, 11) is 1.40. The molecule has 0 amide bonds. The van der Waals surface area contributed by atoms with Crippen molar-refractivity contribution in [2.24, 2.45) is 0 Å². The van der Waals surface area contributed by atoms with Crippen LogP contribution in [-0.2, 0) is 20.9 Å². The molecule has 0 aromatic heterocycles. The highest BCUT2D eigenvalue weighted by atomic mass is 17.2. The van der Waals surface area contributed by atoms with Crippen molar-refractivity contribution in [1.82, 2.24) is 0 Å². The van der Waals surface area contributed by atoms with Crippen LogP contribution in [0.5, 0.6) is 0 Å². The Bertz CT molecular complexity index is 558. The van der Waals surface area contributed by atoms with E-state index in [0.29, 0.717) is 11.3 Å². The minimum absolute atomic E-state index is 0.323. The van der Waals surface area contributed by atoms with Crippen molar-refractivity contribution in [1.29, 1.82) is 0 Å². The minimum atomic E-state index is -0.323. The van der Waals surface area contributed by atoms with Gasteiger partial charge in [0, 0.05) is 5.56 Å². The number of carbonyl (C=O) groups is 1. The molecule has 0 atom stereocenters. The second-order valence-corrected chi connectivity index (χ2v) is 4.82. The maximum atomic E-state index is 12.0. The first-order chi connectivity index (χ1) is 10.3. The van der Waals surface area contributed by atoms with Gasteiger partial charge in [0.1, 0.15) is 6.26 Å². The molecule has 112 valence electrons. The largest absolute Gasteiger partial charge is 0.465 e. The summed E-state index contributed by atoms with van der Waals surface area (Å²) in [5.74, 6) is 0.283. The topological polar surface area (TPSA) is 44.8 Å². The van der Waals surface area contributed by atoms with Crippen LogP contribution in [0.1, 0.15) is 47.7 Å². The normalized spacial score (nSPS) is 13.1. The Morgan fingerprint density at radius 2 is 2.14 bits per heavy atom. The van der Waals surface area contributed by atoms with E-state index in [4.69, 9.17) is 14.5 Å². The highest BCUT2D eigenvalue weighted by Gasteiger charge is 2.19. The average molecular weight is 288 g/mol. The summed E-state index contributed by atoms with van der Waals surface area (Å²) in [4.78, 5) is 22.1. The van der Waals surface area contributed by atoms with E-state index < -0.39 is 0 Å². The molecule has 4 nitrogen and oxygen atoms in total. The average Bonchev–Trinajstić information content (AvgIpc) is 2.55. The summed E-state index contributed by atoms with van der Waals surface area (Å²) in [5.41, 5.74) is 2.41. The molecule has 4 heteroatoms. The Morgan fingerprint density at radius 1 is 1.29 bits per heavy atom. The second kappa shape index (κ2) is 7.53. The number of allylic oxidation sites excluding steroid dienone is 2. The summed E-state index contributed by atoms with van der Waals surface area (Å²) in [6.45, 7) is 2.15. The van der Waals surface area contributed by atoms with E-state index in [-0.39, 0.29) is 5.97 Å². The van der Waals surface area contributed by atoms with Gasteiger partial charge in [0.15, 0.2) is 5.76 Å². The fourth-order valence-corrected chi connectivity index (χ4v) is 2.34. The third kappa shape index (κ3) is 3.66. The number of hydrogen-bond acceptors (Lipinski definition) is 4. The number of unbranched alkanes of at least 4 members (excludes halogenated alkanes) is 2. The van der Waals surface area contributed by atoms with E-state index in [1.165, 1.54) is 13.4 Å². The van der Waals surface area contributed by atoms with Crippen LogP contribution in [0.25, 0.3) is 5.76 Å². The molecule has 0 spiro atoms. The Hall–Kier alpha value is -2.23. The monoisotopic (exact) mass is 288 g/mol. The van der Waals surface area contributed by atoms with Gasteiger partial charge in [-0.3, -0.25) is 9.78 Å². The number of esters is 1. The van der Waals surface area contributed by atoms with Gasteiger partial charge in [0.25, 0.3) is 0 Å². The molecule has 1 heterocycles. The number of hydrogen-bond donors (Lipinski definition) is 0. The van der Waals surface area contributed by atoms with Crippen molar-refractivity contribution in [3.63, 3.8) is 0 Å². The van der Waals surface area contributed by atoms with Gasteiger partial charge in [-0.1, -0.05) is 31.9 Å². The van der Waals surface area contributed by atoms with Gasteiger partial charge >= 0.3 is 5.97 Å². The van der Waals surface area contributed by atoms with E-state index in [1.54, 1.807) is 12.1 Å². The van der Waals surface area contributed by atoms with E-state index in [1.807, 2.05) is 18.2 Å². The van der Waals surface area contributed by atoms with Crippen molar-refractivity contribution in [3.8, 4) is 0 Å². The molecule has 0 radical (unpaired) electrons. The van der Waals surface area contributed by atoms with Gasteiger partial charge in [0.05, 0.1) is 12.7 Å². The third-order valence-corrected chi connectivity index (χ3v) is 3.40. The number of ether oxygens (including phenoxy) is 1. The Labute approximate surface area is 124 Å². The van der Waals surface area contributed by atoms with Crippen molar-refractivity contribution in [2.75, 3.05) is 7.11 Å². The molecule has 0 fully saturated rings. The summed E-state index contributed by atoms with van der Waals surface area (Å²) in [6.07, 6.45) is 9.11. The lowest BCUT2D eigenvalue weighted by Crippen LogP contribution is -2.09. The van der Waals surface area contributed by atoms with Crippen molar-refractivity contribution in [3.05, 3.63) is 53.3 Å². The van der Waals surface area contributed by atoms with Crippen LogP contribution in [-0.4, -0.2) is 13.1 Å². The van der Waals surface area contributed by atoms with Crippen molar-refractivity contribution in [2.45, 2.75) is 32.6 Å². The third-order valence-electron chi connectivity index (χ3n) is 3.40. The molecule has 0 N–H and O–H groups in total. The number of carbonyl (C=O) groups excluding carboxylic acids is 1. The molecule has 0 aliphatic carbocycles. The smallest absolute Gasteiger partial charge is 0.338 e. The fraction of sp³-hybridized carbons (Fsp3) is 0.353. The van der Waals surface area contributed by atoms with E-state index >= 15 is 0 Å². The molecule has 1 aliphatic rings. The van der Waals surface area contributed by atoms with Gasteiger partial charge in [-0.05, 0) is 36.6 Å². The number of rotatable bonds is 6. The Kier molecular flexibility index (Phi) is 5.43. The SMILES string of the molecule is CCCCCc1c(C(=O)OC)cccc1C1=CC=COO1. The zero-order chi connectivity index (χ0) is 15.1. The molecule has 2 rings (SSSR count). The number of methoxy groups -OCH3 is 1. The van der Waals surface area contributed by atoms with Crippen LogP contribution in [0.4, 0.5) is 0 Å². The van der Waals surface area contributed by atoms with Crippen LogP contribution < -0.4 is 0 Å². The zero-order valence-corrected chi connectivity index (χ0v) is 12.4. The highest BCUT2D eigenvalue weighted by molar-refractivity contribution is 5.92. The molecule has 1 aromatic carbocycles. The van der Waals surface area contributed by atoms with Crippen LogP contribution >= 0.6 is 0 Å². The maximum Gasteiger partial charge on any atom is 0.338 e. The maximum absolute atomic E-state index is 12.0. The van der Waals surface area contributed by atoms with Gasteiger partial charge in [0.2, 0.25) is 0 Å². The lowest BCUT2D eigenvalue weighted by atomic mass is 9.94. The lowest BCUT2D eigenvalue weighted by Gasteiger charge is -2.16. The first-order valence-electron chi connectivity index (χ1n) is 7.18. The lowest BCUT2D eigenvalue weighted by molar-refractivity contribution is -0.182. The molecule has 21 heavy (non-hydrogen) atoms. The predicted molar refractivity (Wildman–Crippen MR) is 80.3 cm³/mol. The highest BCUT2D eigenvalue weighted by Crippen LogP contribution is 2.27. The molecule has 1 aromatic rings. The standard InChI is InChI=1S/C17H20O4/c1-3-4-5-8-13-14(16-11-7-12-20-21-16)9-6-10-15(13)17(18)19-2/h6-7,9-12H,3-5,8H2,1-2H3. The molecular formula is C17H20O4. The molecule has 0 saturated heterocycles. The summed E-state index contributed by atoms with van der Waals surface area (Å²) >= 11 is 0. The second-order valence-electron chi connectivity index (χ2n) is 4.82. The first kappa shape index (κ1) is 15.2. The molecule has 0 saturated carbocycles. The van der Waals surface area contributed by atoms with Gasteiger partial charge in [-0.25, -0.2) is 4.79 Å². The van der Waals surface area contributed by atoms with Crippen LogP contribution in [0.3, 0.4) is 0 Å². The van der Waals surface area contributed by atoms with E-state index in [2.05, 4.69) is 6.92 Å². The van der Waals surface area contributed by atoms with Gasteiger partial charge in [-0.15, -0.1) is 0 Å². The van der Waals surface area contributed by atoms with E-state index in [0.717, 1.165) is 36.8 Å². The number of benzene rings is 1. The van der Waals surface area contributed by atoms with Crippen LogP contribution in [0, 0.1) is 0 Å². The minimum Gasteiger partial charge on any atom is -0.465 e. The Balaban J connectivity index is 2.40.